The van der Waals surface area contributed by atoms with Gasteiger partial charge in [-0.1, -0.05) is 36.4 Å². The Morgan fingerprint density at radius 1 is 1.06 bits per heavy atom. The van der Waals surface area contributed by atoms with E-state index in [9.17, 15) is 9.90 Å². The Morgan fingerprint density at radius 2 is 1.68 bits per heavy atom. The minimum atomic E-state index is -0.562. The van der Waals surface area contributed by atoms with Crippen LogP contribution in [-0.4, -0.2) is 42.2 Å². The Kier molecular flexibility index (Phi) is 8.60. The van der Waals surface area contributed by atoms with E-state index in [2.05, 4.69) is 48.1 Å². The van der Waals surface area contributed by atoms with Gasteiger partial charge in [-0.3, -0.25) is 9.69 Å². The summed E-state index contributed by atoms with van der Waals surface area (Å²) in [7, 11) is 1.89. The number of hydrogen-bond acceptors (Lipinski definition) is 5. The quantitative estimate of drug-likeness (QED) is 0.460. The van der Waals surface area contributed by atoms with Crippen LogP contribution in [0.5, 0.6) is 0 Å². The smallest absolute Gasteiger partial charge is 0.239 e. The Labute approximate surface area is 192 Å². The molecule has 3 rings (SSSR count). The van der Waals surface area contributed by atoms with Gasteiger partial charge in [-0.05, 0) is 66.9 Å². The van der Waals surface area contributed by atoms with E-state index in [1.54, 1.807) is 22.7 Å². The van der Waals surface area contributed by atoms with Crippen molar-refractivity contribution in [1.82, 2.24) is 10.2 Å². The van der Waals surface area contributed by atoms with E-state index in [0.29, 0.717) is 13.1 Å². The van der Waals surface area contributed by atoms with Gasteiger partial charge >= 0.3 is 0 Å². The van der Waals surface area contributed by atoms with Crippen LogP contribution in [0.2, 0.25) is 0 Å². The van der Waals surface area contributed by atoms with Crippen molar-refractivity contribution in [2.24, 2.45) is 0 Å². The molecule has 2 heterocycles. The first kappa shape index (κ1) is 23.4. The first-order valence-electron chi connectivity index (χ1n) is 10.4. The summed E-state index contributed by atoms with van der Waals surface area (Å²) >= 11 is 3.53. The highest BCUT2D eigenvalue weighted by Crippen LogP contribution is 2.35. The molecular weight excluding hydrogens is 424 g/mol. The first-order valence-corrected chi connectivity index (χ1v) is 12.2. The Morgan fingerprint density at radius 3 is 2.19 bits per heavy atom. The van der Waals surface area contributed by atoms with Gasteiger partial charge in [-0.2, -0.15) is 0 Å². The summed E-state index contributed by atoms with van der Waals surface area (Å²) in [6.45, 7) is 5.23. The lowest BCUT2D eigenvalue weighted by Crippen LogP contribution is -2.47. The molecule has 0 spiro atoms. The molecule has 2 aromatic heterocycles. The number of carbonyl (C=O) groups is 1. The van der Waals surface area contributed by atoms with E-state index >= 15 is 0 Å². The number of hydrogen-bond donors (Lipinski definition) is 2. The number of thiophene rings is 2. The molecule has 0 saturated heterocycles. The predicted molar refractivity (Wildman–Crippen MR) is 132 cm³/mol. The molecule has 0 fully saturated rings. The van der Waals surface area contributed by atoms with Gasteiger partial charge in [0.15, 0.2) is 0 Å². The molecule has 0 radical (unpaired) electrons. The zero-order chi connectivity index (χ0) is 22.2. The fraction of sp³-hybridized carbons (Fsp3) is 0.320. The van der Waals surface area contributed by atoms with Gasteiger partial charge in [0.05, 0.1) is 6.61 Å². The van der Waals surface area contributed by atoms with Crippen LogP contribution in [0.15, 0.2) is 59.3 Å². The third kappa shape index (κ3) is 6.14. The van der Waals surface area contributed by atoms with Crippen molar-refractivity contribution >= 4 is 34.2 Å². The standard InChI is InChI=1S/C25H30N2O2S2/c1-18-11-14-30-23(18)21(24-19(2)12-15-31-24)10-7-13-27(3)22(17-28)25(29)26-16-20-8-5-4-6-9-20/h4-6,8-12,14-15,22,28H,7,13,16-17H2,1-3H3,(H,26,29). The summed E-state index contributed by atoms with van der Waals surface area (Å²) in [5.74, 6) is -0.152. The first-order chi connectivity index (χ1) is 15.0. The highest BCUT2D eigenvalue weighted by atomic mass is 32.1. The molecule has 0 aliphatic rings. The average Bonchev–Trinajstić information content (AvgIpc) is 3.39. The number of likely N-dealkylation sites (N-methyl/N-ethyl adjacent to an activating group) is 1. The number of carbonyl (C=O) groups excluding carboxylic acids is 1. The van der Waals surface area contributed by atoms with E-state index < -0.39 is 6.04 Å². The lowest BCUT2D eigenvalue weighted by atomic mass is 10.1. The molecule has 0 saturated carbocycles. The topological polar surface area (TPSA) is 52.6 Å². The van der Waals surface area contributed by atoms with Crippen LogP contribution in [0.1, 0.15) is 32.9 Å². The molecule has 4 nitrogen and oxygen atoms in total. The van der Waals surface area contributed by atoms with Crippen LogP contribution >= 0.6 is 22.7 Å². The van der Waals surface area contributed by atoms with Crippen LogP contribution in [0, 0.1) is 13.8 Å². The summed E-state index contributed by atoms with van der Waals surface area (Å²) in [5.41, 5.74) is 4.87. The number of aliphatic hydroxyl groups is 1. The summed E-state index contributed by atoms with van der Waals surface area (Å²) in [4.78, 5) is 17.1. The van der Waals surface area contributed by atoms with Gasteiger partial charge in [0.2, 0.25) is 5.91 Å². The van der Waals surface area contributed by atoms with Gasteiger partial charge in [-0.15, -0.1) is 22.7 Å². The number of aliphatic hydroxyl groups excluding tert-OH is 1. The van der Waals surface area contributed by atoms with Crippen molar-refractivity contribution in [3.05, 3.63) is 85.7 Å². The third-order valence-electron chi connectivity index (χ3n) is 5.36. The van der Waals surface area contributed by atoms with Crippen molar-refractivity contribution < 1.29 is 9.90 Å². The number of nitrogens with zero attached hydrogens (tertiary/aromatic N) is 1. The van der Waals surface area contributed by atoms with Crippen molar-refractivity contribution in [3.63, 3.8) is 0 Å². The van der Waals surface area contributed by atoms with E-state index in [0.717, 1.165) is 12.0 Å². The molecule has 1 aromatic carbocycles. The molecular formula is C25H30N2O2S2. The zero-order valence-electron chi connectivity index (χ0n) is 18.3. The van der Waals surface area contributed by atoms with Crippen molar-refractivity contribution in [2.45, 2.75) is 32.9 Å². The number of rotatable bonds is 10. The maximum atomic E-state index is 12.6. The van der Waals surface area contributed by atoms with Crippen molar-refractivity contribution in [2.75, 3.05) is 20.2 Å². The Hall–Kier alpha value is -2.25. The van der Waals surface area contributed by atoms with Crippen LogP contribution in [0.4, 0.5) is 0 Å². The van der Waals surface area contributed by atoms with E-state index in [1.165, 1.54) is 26.5 Å². The average molecular weight is 455 g/mol. The van der Waals surface area contributed by atoms with Gasteiger partial charge < -0.3 is 10.4 Å². The molecule has 0 aliphatic carbocycles. The molecule has 31 heavy (non-hydrogen) atoms. The predicted octanol–water partition coefficient (Wildman–Crippen LogP) is 4.86. The number of benzene rings is 1. The fourth-order valence-corrected chi connectivity index (χ4v) is 5.49. The lowest BCUT2D eigenvalue weighted by molar-refractivity contribution is -0.127. The summed E-state index contributed by atoms with van der Waals surface area (Å²) in [6, 6.07) is 13.5. The Balaban J connectivity index is 1.64. The van der Waals surface area contributed by atoms with Crippen LogP contribution in [0.3, 0.4) is 0 Å². The zero-order valence-corrected chi connectivity index (χ0v) is 19.9. The maximum absolute atomic E-state index is 12.6. The van der Waals surface area contributed by atoms with Crippen LogP contribution in [-0.2, 0) is 11.3 Å². The normalized spacial score (nSPS) is 12.0. The van der Waals surface area contributed by atoms with Gasteiger partial charge in [0.1, 0.15) is 6.04 Å². The van der Waals surface area contributed by atoms with Crippen LogP contribution in [0.25, 0.3) is 5.57 Å². The third-order valence-corrected chi connectivity index (χ3v) is 7.46. The molecule has 2 N–H and O–H groups in total. The lowest BCUT2D eigenvalue weighted by Gasteiger charge is -2.25. The minimum absolute atomic E-state index is 0.152. The summed E-state index contributed by atoms with van der Waals surface area (Å²) in [6.07, 6.45) is 3.06. The number of aryl methyl sites for hydroxylation is 2. The SMILES string of the molecule is Cc1ccsc1C(=CCCN(C)C(CO)C(=O)NCc1ccccc1)c1sccc1C. The van der Waals surface area contributed by atoms with Gasteiger partial charge in [0, 0.05) is 28.4 Å². The number of amides is 1. The molecule has 0 aliphatic heterocycles. The van der Waals surface area contributed by atoms with E-state index in [1.807, 2.05) is 42.3 Å². The highest BCUT2D eigenvalue weighted by Gasteiger charge is 2.22. The highest BCUT2D eigenvalue weighted by molar-refractivity contribution is 7.14. The molecule has 0 bridgehead atoms. The largest absolute Gasteiger partial charge is 0.394 e. The van der Waals surface area contributed by atoms with Crippen LogP contribution < -0.4 is 5.32 Å². The number of nitrogens with one attached hydrogen (secondary N) is 1. The van der Waals surface area contributed by atoms with E-state index in [4.69, 9.17) is 0 Å². The monoisotopic (exact) mass is 454 g/mol. The van der Waals surface area contributed by atoms with Crippen molar-refractivity contribution in [3.8, 4) is 0 Å². The second-order valence-electron chi connectivity index (χ2n) is 7.65. The maximum Gasteiger partial charge on any atom is 0.239 e. The minimum Gasteiger partial charge on any atom is -0.394 e. The molecule has 1 unspecified atom stereocenters. The second kappa shape index (κ2) is 11.4. The molecule has 1 amide bonds. The molecule has 164 valence electrons. The molecule has 1 atom stereocenters. The molecule has 3 aromatic rings. The Bertz CT molecular complexity index is 965. The van der Waals surface area contributed by atoms with Gasteiger partial charge in [0.25, 0.3) is 0 Å². The fourth-order valence-electron chi connectivity index (χ4n) is 3.48. The summed E-state index contributed by atoms with van der Waals surface area (Å²) < 4.78 is 0. The van der Waals surface area contributed by atoms with Gasteiger partial charge in [-0.25, -0.2) is 0 Å². The van der Waals surface area contributed by atoms with Crippen molar-refractivity contribution in [1.29, 1.82) is 0 Å². The van der Waals surface area contributed by atoms with E-state index in [-0.39, 0.29) is 12.5 Å². The molecule has 6 heteroatoms. The summed E-state index contributed by atoms with van der Waals surface area (Å²) in [5, 5.41) is 17.0. The second-order valence-corrected chi connectivity index (χ2v) is 9.49.